The smallest absolute Gasteiger partial charge is 0.263 e. The van der Waals surface area contributed by atoms with E-state index in [9.17, 15) is 31.6 Å². The zero-order valence-electron chi connectivity index (χ0n) is 13.9. The van der Waals surface area contributed by atoms with E-state index < -0.39 is 23.5 Å². The molecule has 0 fully saturated rings. The second-order valence-corrected chi connectivity index (χ2v) is 5.88. The van der Waals surface area contributed by atoms with Crippen LogP contribution in [0.4, 0.5) is 26.3 Å². The van der Waals surface area contributed by atoms with Crippen LogP contribution in [0, 0.1) is 11.3 Å². The Hall–Kier alpha value is -3.34. The molecule has 0 aliphatic rings. The van der Waals surface area contributed by atoms with Crippen LogP contribution in [-0.2, 0) is 12.4 Å². The normalized spacial score (nSPS) is 11.9. The van der Waals surface area contributed by atoms with Crippen molar-refractivity contribution in [1.29, 1.82) is 5.26 Å². The third-order valence-corrected chi connectivity index (χ3v) is 4.06. The van der Waals surface area contributed by atoms with Crippen molar-refractivity contribution >= 4 is 0 Å². The van der Waals surface area contributed by atoms with E-state index in [1.807, 2.05) is 6.07 Å². The molecule has 0 bridgehead atoms. The molecule has 0 saturated heterocycles. The summed E-state index contributed by atoms with van der Waals surface area (Å²) in [6.07, 6.45) is -6.72. The molecule has 2 nitrogen and oxygen atoms in total. The molecule has 0 radical (unpaired) electrons. The molecular weight excluding hydrogens is 382 g/mol. The summed E-state index contributed by atoms with van der Waals surface area (Å²) >= 11 is 0. The van der Waals surface area contributed by atoms with Gasteiger partial charge in [0.2, 0.25) is 0 Å². The number of pyridine rings is 1. The number of halogens is 6. The van der Waals surface area contributed by atoms with Gasteiger partial charge in [0.15, 0.2) is 0 Å². The lowest BCUT2D eigenvalue weighted by atomic mass is 9.93. The lowest BCUT2D eigenvalue weighted by Gasteiger charge is -2.13. The monoisotopic (exact) mass is 392 g/mol. The predicted octanol–water partition coefficient (Wildman–Crippen LogP) is 6.32. The average Bonchev–Trinajstić information content (AvgIpc) is 2.66. The Bertz CT molecular complexity index is 986. The van der Waals surface area contributed by atoms with E-state index in [4.69, 9.17) is 0 Å². The van der Waals surface area contributed by atoms with Crippen LogP contribution in [0.15, 0.2) is 60.9 Å². The highest BCUT2D eigenvalue weighted by Crippen LogP contribution is 2.37. The molecule has 28 heavy (non-hydrogen) atoms. The minimum absolute atomic E-state index is 0.0614. The van der Waals surface area contributed by atoms with Gasteiger partial charge in [0.1, 0.15) is 6.07 Å². The zero-order chi connectivity index (χ0) is 20.5. The third kappa shape index (κ3) is 3.83. The van der Waals surface area contributed by atoms with Gasteiger partial charge in [-0.25, -0.2) is 0 Å². The third-order valence-electron chi connectivity index (χ3n) is 4.06. The highest BCUT2D eigenvalue weighted by molar-refractivity contribution is 5.81. The first-order chi connectivity index (χ1) is 13.1. The number of hydrogen-bond acceptors (Lipinski definition) is 2. The van der Waals surface area contributed by atoms with Crippen molar-refractivity contribution in [1.82, 2.24) is 4.98 Å². The summed E-state index contributed by atoms with van der Waals surface area (Å²) < 4.78 is 77.9. The first-order valence-electron chi connectivity index (χ1n) is 7.84. The van der Waals surface area contributed by atoms with Crippen molar-refractivity contribution in [2.75, 3.05) is 0 Å². The molecule has 8 heteroatoms. The Balaban J connectivity index is 2.18. The molecule has 3 aromatic rings. The molecule has 0 unspecified atom stereocenters. The number of nitrogens with zero attached hydrogens (tertiary/aromatic N) is 2. The molecule has 0 saturated carbocycles. The molecule has 3 rings (SSSR count). The second-order valence-electron chi connectivity index (χ2n) is 5.88. The van der Waals surface area contributed by atoms with Gasteiger partial charge >= 0.3 is 12.4 Å². The SMILES string of the molecule is N#Cc1c(-c2cccc(C(F)(F)F)c2)cncc1-c1cccc(C(F)(F)F)c1. The number of hydrogen-bond donors (Lipinski definition) is 0. The van der Waals surface area contributed by atoms with E-state index in [-0.39, 0.29) is 27.8 Å². The van der Waals surface area contributed by atoms with E-state index >= 15 is 0 Å². The van der Waals surface area contributed by atoms with Crippen molar-refractivity contribution in [3.05, 3.63) is 77.6 Å². The van der Waals surface area contributed by atoms with Crippen LogP contribution < -0.4 is 0 Å². The van der Waals surface area contributed by atoms with E-state index in [1.165, 1.54) is 36.7 Å². The minimum atomic E-state index is -4.57. The van der Waals surface area contributed by atoms with E-state index in [1.54, 1.807) is 0 Å². The number of benzene rings is 2. The van der Waals surface area contributed by atoms with Crippen LogP contribution in [0.25, 0.3) is 22.3 Å². The highest BCUT2D eigenvalue weighted by Gasteiger charge is 2.32. The molecular formula is C20H10F6N2. The van der Waals surface area contributed by atoms with E-state index in [0.29, 0.717) is 0 Å². The fourth-order valence-electron chi connectivity index (χ4n) is 2.74. The summed E-state index contributed by atoms with van der Waals surface area (Å²) in [5, 5.41) is 9.56. The summed E-state index contributed by atoms with van der Waals surface area (Å²) in [7, 11) is 0. The van der Waals surface area contributed by atoms with Crippen molar-refractivity contribution in [3.63, 3.8) is 0 Å². The maximum absolute atomic E-state index is 13.0. The van der Waals surface area contributed by atoms with Crippen LogP contribution in [0.2, 0.25) is 0 Å². The molecule has 0 amide bonds. The summed E-state index contributed by atoms with van der Waals surface area (Å²) in [5.74, 6) is 0. The van der Waals surface area contributed by atoms with Crippen molar-refractivity contribution in [2.24, 2.45) is 0 Å². The Labute approximate surface area is 155 Å². The van der Waals surface area contributed by atoms with Crippen LogP contribution in [-0.4, -0.2) is 4.98 Å². The van der Waals surface area contributed by atoms with E-state index in [0.717, 1.165) is 24.3 Å². The van der Waals surface area contributed by atoms with Gasteiger partial charge in [-0.1, -0.05) is 24.3 Å². The quantitative estimate of drug-likeness (QED) is 0.478. The minimum Gasteiger partial charge on any atom is -0.263 e. The van der Waals surface area contributed by atoms with Gasteiger partial charge in [-0.3, -0.25) is 4.98 Å². The first kappa shape index (κ1) is 19.4. The van der Waals surface area contributed by atoms with Crippen LogP contribution in [0.5, 0.6) is 0 Å². The van der Waals surface area contributed by atoms with Crippen molar-refractivity contribution < 1.29 is 26.3 Å². The predicted molar refractivity (Wildman–Crippen MR) is 89.8 cm³/mol. The van der Waals surface area contributed by atoms with Gasteiger partial charge in [0, 0.05) is 23.5 Å². The summed E-state index contributed by atoms with van der Waals surface area (Å²) in [6, 6.07) is 10.5. The molecule has 0 aliphatic carbocycles. The molecule has 1 heterocycles. The Morgan fingerprint density at radius 2 is 1.14 bits per heavy atom. The molecule has 0 aliphatic heterocycles. The number of alkyl halides is 6. The standard InChI is InChI=1S/C20H10F6N2/c21-19(22,23)14-5-1-3-12(7-14)17-10-28-11-18(16(17)9-27)13-4-2-6-15(8-13)20(24,25)26/h1-8,10-11H. The van der Waals surface area contributed by atoms with Gasteiger partial charge in [-0.05, 0) is 35.4 Å². The molecule has 0 N–H and O–H groups in total. The fourth-order valence-corrected chi connectivity index (χ4v) is 2.74. The molecule has 0 atom stereocenters. The van der Waals surface area contributed by atoms with Crippen molar-refractivity contribution in [3.8, 4) is 28.3 Å². The summed E-state index contributed by atoms with van der Waals surface area (Å²) in [5.41, 5.74) is -1.49. The Kier molecular flexibility index (Phi) is 4.86. The largest absolute Gasteiger partial charge is 0.416 e. The van der Waals surface area contributed by atoms with Crippen molar-refractivity contribution in [2.45, 2.75) is 12.4 Å². The summed E-state index contributed by atoms with van der Waals surface area (Å²) in [6.45, 7) is 0. The first-order valence-corrected chi connectivity index (χ1v) is 7.84. The van der Waals surface area contributed by atoms with Gasteiger partial charge in [-0.15, -0.1) is 0 Å². The van der Waals surface area contributed by atoms with Gasteiger partial charge in [0.05, 0.1) is 16.7 Å². The maximum Gasteiger partial charge on any atom is 0.416 e. The van der Waals surface area contributed by atoms with Gasteiger partial charge in [-0.2, -0.15) is 31.6 Å². The van der Waals surface area contributed by atoms with Crippen LogP contribution >= 0.6 is 0 Å². The van der Waals surface area contributed by atoms with Gasteiger partial charge < -0.3 is 0 Å². The van der Waals surface area contributed by atoms with Gasteiger partial charge in [0.25, 0.3) is 0 Å². The number of aromatic nitrogens is 1. The highest BCUT2D eigenvalue weighted by atomic mass is 19.4. The lowest BCUT2D eigenvalue weighted by molar-refractivity contribution is -0.138. The fraction of sp³-hybridized carbons (Fsp3) is 0.100. The van der Waals surface area contributed by atoms with Crippen LogP contribution in [0.3, 0.4) is 0 Å². The average molecular weight is 392 g/mol. The topological polar surface area (TPSA) is 36.7 Å². The molecule has 142 valence electrons. The number of rotatable bonds is 2. The molecule has 0 spiro atoms. The summed E-state index contributed by atoms with van der Waals surface area (Å²) in [4.78, 5) is 3.92. The lowest BCUT2D eigenvalue weighted by Crippen LogP contribution is -2.05. The Morgan fingerprint density at radius 1 is 0.714 bits per heavy atom. The molecule has 2 aromatic carbocycles. The zero-order valence-corrected chi connectivity index (χ0v) is 13.9. The van der Waals surface area contributed by atoms with Crippen LogP contribution in [0.1, 0.15) is 16.7 Å². The maximum atomic E-state index is 13.0. The Morgan fingerprint density at radius 3 is 1.50 bits per heavy atom. The van der Waals surface area contributed by atoms with E-state index in [2.05, 4.69) is 4.98 Å². The number of nitriles is 1. The molecule has 1 aromatic heterocycles. The second kappa shape index (κ2) is 7.00.